The summed E-state index contributed by atoms with van der Waals surface area (Å²) < 4.78 is 0. The average Bonchev–Trinajstić information content (AvgIpc) is 3.19. The zero-order valence-electron chi connectivity index (χ0n) is 11.0. The molecule has 2 atom stereocenters. The third-order valence-corrected chi connectivity index (χ3v) is 3.66. The highest BCUT2D eigenvalue weighted by Gasteiger charge is 2.39. The first-order valence-electron chi connectivity index (χ1n) is 6.69. The Morgan fingerprint density at radius 2 is 2.11 bits per heavy atom. The van der Waals surface area contributed by atoms with Crippen LogP contribution >= 0.6 is 0 Å². The lowest BCUT2D eigenvalue weighted by Gasteiger charge is -2.16. The Morgan fingerprint density at radius 3 is 2.84 bits per heavy atom. The van der Waals surface area contributed by atoms with E-state index < -0.39 is 0 Å². The van der Waals surface area contributed by atoms with E-state index in [9.17, 15) is 4.79 Å². The Labute approximate surface area is 113 Å². The van der Waals surface area contributed by atoms with Gasteiger partial charge in [-0.05, 0) is 24.6 Å². The molecule has 0 aromatic heterocycles. The van der Waals surface area contributed by atoms with Gasteiger partial charge in [-0.2, -0.15) is 0 Å². The first-order chi connectivity index (χ1) is 9.24. The number of amides is 1. The summed E-state index contributed by atoms with van der Waals surface area (Å²) in [6.07, 6.45) is 7.65. The maximum absolute atomic E-state index is 12.1. The predicted octanol–water partition coefficient (Wildman–Crippen LogP) is 2.39. The van der Waals surface area contributed by atoms with Gasteiger partial charge in [-0.15, -0.1) is 0 Å². The van der Waals surface area contributed by atoms with Crippen molar-refractivity contribution in [2.45, 2.75) is 24.8 Å². The highest BCUT2D eigenvalue weighted by Crippen LogP contribution is 2.40. The Balaban J connectivity index is 1.58. The first-order valence-corrected chi connectivity index (χ1v) is 6.69. The van der Waals surface area contributed by atoms with E-state index in [1.165, 1.54) is 5.56 Å². The van der Waals surface area contributed by atoms with Gasteiger partial charge in [-0.25, -0.2) is 0 Å². The predicted molar refractivity (Wildman–Crippen MR) is 75.3 cm³/mol. The van der Waals surface area contributed by atoms with Crippen molar-refractivity contribution in [2.75, 3.05) is 7.05 Å². The molecule has 1 heterocycles. The standard InChI is InChI=1S/C16H18N2O/c1-18-9-5-8-13(11-18)16(19)17-15-10-14(15)12-6-3-2-4-7-12/h2-7,9,11,14-15H,8,10H2,1H3,(H,17,19)/t14-,15+/m0/s1. The quantitative estimate of drug-likeness (QED) is 0.898. The lowest BCUT2D eigenvalue weighted by atomic mass is 10.1. The molecule has 3 nitrogen and oxygen atoms in total. The van der Waals surface area contributed by atoms with Gasteiger partial charge in [0.25, 0.3) is 0 Å². The van der Waals surface area contributed by atoms with Gasteiger partial charge >= 0.3 is 0 Å². The molecule has 1 saturated carbocycles. The number of nitrogens with one attached hydrogen (secondary N) is 1. The second-order valence-electron chi connectivity index (χ2n) is 5.24. The van der Waals surface area contributed by atoms with Crippen LogP contribution in [0.25, 0.3) is 0 Å². The fourth-order valence-electron chi connectivity index (χ4n) is 2.52. The van der Waals surface area contributed by atoms with Crippen molar-refractivity contribution < 1.29 is 4.79 Å². The zero-order valence-corrected chi connectivity index (χ0v) is 11.0. The maximum atomic E-state index is 12.1. The fourth-order valence-corrected chi connectivity index (χ4v) is 2.52. The van der Waals surface area contributed by atoms with E-state index in [4.69, 9.17) is 0 Å². The van der Waals surface area contributed by atoms with Gasteiger partial charge in [0.2, 0.25) is 5.91 Å². The van der Waals surface area contributed by atoms with Crippen LogP contribution in [0, 0.1) is 0 Å². The van der Waals surface area contributed by atoms with Crippen LogP contribution in [0.15, 0.2) is 54.4 Å². The molecule has 2 aliphatic rings. The van der Waals surface area contributed by atoms with Gasteiger partial charge in [0, 0.05) is 30.8 Å². The van der Waals surface area contributed by atoms with Gasteiger partial charge in [0.15, 0.2) is 0 Å². The monoisotopic (exact) mass is 254 g/mol. The van der Waals surface area contributed by atoms with Gasteiger partial charge < -0.3 is 10.2 Å². The molecule has 0 spiro atoms. The zero-order chi connectivity index (χ0) is 13.2. The van der Waals surface area contributed by atoms with E-state index in [1.807, 2.05) is 36.5 Å². The summed E-state index contributed by atoms with van der Waals surface area (Å²) in [5.74, 6) is 0.558. The minimum absolute atomic E-state index is 0.0691. The van der Waals surface area contributed by atoms with Gasteiger partial charge in [0.1, 0.15) is 0 Å². The molecule has 1 aliphatic carbocycles. The number of hydrogen-bond donors (Lipinski definition) is 1. The van der Waals surface area contributed by atoms with Gasteiger partial charge in [-0.1, -0.05) is 36.4 Å². The smallest absolute Gasteiger partial charge is 0.249 e. The van der Waals surface area contributed by atoms with E-state index >= 15 is 0 Å². The molecule has 0 bridgehead atoms. The number of hydrogen-bond acceptors (Lipinski definition) is 2. The summed E-state index contributed by atoms with van der Waals surface area (Å²) in [6.45, 7) is 0. The molecule has 1 amide bonds. The molecule has 3 rings (SSSR count). The van der Waals surface area contributed by atoms with Crippen molar-refractivity contribution in [3.05, 3.63) is 59.9 Å². The SMILES string of the molecule is CN1C=CCC(C(=O)N[C@@H]2C[C@H]2c2ccccc2)=C1. The number of carbonyl (C=O) groups excluding carboxylic acids is 1. The lowest BCUT2D eigenvalue weighted by molar-refractivity contribution is -0.117. The number of carbonyl (C=O) groups is 1. The second-order valence-corrected chi connectivity index (χ2v) is 5.24. The summed E-state index contributed by atoms with van der Waals surface area (Å²) in [4.78, 5) is 14.0. The summed E-state index contributed by atoms with van der Waals surface area (Å²) in [7, 11) is 1.94. The summed E-state index contributed by atoms with van der Waals surface area (Å²) in [6, 6.07) is 10.7. The van der Waals surface area contributed by atoms with Crippen molar-refractivity contribution in [1.29, 1.82) is 0 Å². The van der Waals surface area contributed by atoms with Crippen LogP contribution in [0.1, 0.15) is 24.3 Å². The molecule has 1 aromatic rings. The van der Waals surface area contributed by atoms with Crippen LogP contribution in [0.5, 0.6) is 0 Å². The summed E-state index contributed by atoms with van der Waals surface area (Å²) in [5, 5.41) is 3.12. The van der Waals surface area contributed by atoms with E-state index in [-0.39, 0.29) is 5.91 Å². The Kier molecular flexibility index (Phi) is 3.11. The van der Waals surface area contributed by atoms with Crippen LogP contribution in [0.3, 0.4) is 0 Å². The molecule has 19 heavy (non-hydrogen) atoms. The van der Waals surface area contributed by atoms with E-state index in [0.717, 1.165) is 18.4 Å². The normalized spacial score (nSPS) is 24.9. The number of allylic oxidation sites excluding steroid dienone is 1. The molecular formula is C16H18N2O. The van der Waals surface area contributed by atoms with Crippen LogP contribution in [-0.2, 0) is 4.79 Å². The van der Waals surface area contributed by atoms with Crippen molar-refractivity contribution in [3.63, 3.8) is 0 Å². The number of rotatable bonds is 3. The highest BCUT2D eigenvalue weighted by molar-refractivity contribution is 5.94. The summed E-state index contributed by atoms with van der Waals surface area (Å²) >= 11 is 0. The van der Waals surface area contributed by atoms with Crippen molar-refractivity contribution in [1.82, 2.24) is 10.2 Å². The fraction of sp³-hybridized carbons (Fsp3) is 0.312. The van der Waals surface area contributed by atoms with Crippen LogP contribution in [0.2, 0.25) is 0 Å². The molecule has 1 N–H and O–H groups in total. The van der Waals surface area contributed by atoms with Gasteiger partial charge in [0.05, 0.1) is 0 Å². The summed E-state index contributed by atoms with van der Waals surface area (Å²) in [5.41, 5.74) is 2.16. The average molecular weight is 254 g/mol. The Bertz CT molecular complexity index is 533. The topological polar surface area (TPSA) is 32.3 Å². The second kappa shape index (κ2) is 4.92. The molecule has 3 heteroatoms. The molecular weight excluding hydrogens is 236 g/mol. The van der Waals surface area contributed by atoms with E-state index in [0.29, 0.717) is 12.0 Å². The minimum atomic E-state index is 0.0691. The Morgan fingerprint density at radius 1 is 1.32 bits per heavy atom. The van der Waals surface area contributed by atoms with Crippen LogP contribution < -0.4 is 5.32 Å². The highest BCUT2D eigenvalue weighted by atomic mass is 16.1. The molecule has 0 radical (unpaired) electrons. The number of benzene rings is 1. The number of nitrogens with zero attached hydrogens (tertiary/aromatic N) is 1. The van der Waals surface area contributed by atoms with Crippen LogP contribution in [0.4, 0.5) is 0 Å². The third-order valence-electron chi connectivity index (χ3n) is 3.66. The largest absolute Gasteiger partial charge is 0.357 e. The molecule has 98 valence electrons. The maximum Gasteiger partial charge on any atom is 0.249 e. The lowest BCUT2D eigenvalue weighted by Crippen LogP contribution is -2.29. The van der Waals surface area contributed by atoms with Crippen molar-refractivity contribution in [3.8, 4) is 0 Å². The van der Waals surface area contributed by atoms with Crippen molar-refractivity contribution >= 4 is 5.91 Å². The minimum Gasteiger partial charge on any atom is -0.357 e. The van der Waals surface area contributed by atoms with Crippen LogP contribution in [-0.4, -0.2) is 23.9 Å². The molecule has 0 unspecified atom stereocenters. The molecule has 1 aliphatic heterocycles. The van der Waals surface area contributed by atoms with Crippen molar-refractivity contribution in [2.24, 2.45) is 0 Å². The first kappa shape index (κ1) is 12.0. The third kappa shape index (κ3) is 2.70. The van der Waals surface area contributed by atoms with E-state index in [1.54, 1.807) is 0 Å². The molecule has 1 fully saturated rings. The Hall–Kier alpha value is -2.03. The molecule has 0 saturated heterocycles. The molecule has 1 aromatic carbocycles. The van der Waals surface area contributed by atoms with E-state index in [2.05, 4.69) is 29.6 Å². The van der Waals surface area contributed by atoms with Gasteiger partial charge in [-0.3, -0.25) is 4.79 Å².